The first-order valence-corrected chi connectivity index (χ1v) is 4.82. The number of carbonyl (C=O) groups excluding carboxylic acids is 1. The molecule has 0 aromatic heterocycles. The Hall–Kier alpha value is 0.0500. The summed E-state index contributed by atoms with van der Waals surface area (Å²) in [7, 11) is 0. The van der Waals surface area contributed by atoms with Crippen molar-refractivity contribution in [1.29, 1.82) is 0 Å². The Bertz CT molecular complexity index is 197. The smallest absolute Gasteiger partial charge is 0.343 e. The van der Waals surface area contributed by atoms with Crippen molar-refractivity contribution in [2.24, 2.45) is 0 Å². The predicted octanol–water partition coefficient (Wildman–Crippen LogP) is 2.67. The summed E-state index contributed by atoms with van der Waals surface area (Å²) < 4.78 is 3.83. The zero-order chi connectivity index (χ0) is 9.41. The highest BCUT2D eigenvalue weighted by atomic mass is 35.5. The van der Waals surface area contributed by atoms with Crippen LogP contribution in [-0.4, -0.2) is 15.9 Å². The molecular formula is C8H12Cl2O2. The summed E-state index contributed by atoms with van der Waals surface area (Å²) in [5, 5.41) is 0. The molecule has 1 heterocycles. The second kappa shape index (κ2) is 3.08. The van der Waals surface area contributed by atoms with Gasteiger partial charge in [0, 0.05) is 6.42 Å². The Morgan fingerprint density at radius 3 is 2.08 bits per heavy atom. The lowest BCUT2D eigenvalue weighted by atomic mass is 9.94. The highest BCUT2D eigenvalue weighted by Gasteiger charge is 2.53. The molecule has 1 fully saturated rings. The maximum Gasteiger partial charge on any atom is 0.343 e. The first kappa shape index (κ1) is 10.1. The fourth-order valence-electron chi connectivity index (χ4n) is 1.43. The minimum absolute atomic E-state index is 0.398. The Labute approximate surface area is 82.2 Å². The standard InChI is InChI=1S/C8H12Cl2O2/c1-3-7(4-2)5-8(9,10)6(11)12-7/h3-5H2,1-2H3. The number of hydrogen-bond acceptors (Lipinski definition) is 2. The van der Waals surface area contributed by atoms with Crippen LogP contribution in [0.1, 0.15) is 33.1 Å². The van der Waals surface area contributed by atoms with Gasteiger partial charge in [0.2, 0.25) is 4.33 Å². The molecule has 0 radical (unpaired) electrons. The lowest BCUT2D eigenvalue weighted by Gasteiger charge is -2.23. The molecule has 1 rings (SSSR count). The summed E-state index contributed by atoms with van der Waals surface area (Å²) in [6, 6.07) is 0. The van der Waals surface area contributed by atoms with Crippen LogP contribution in [0.15, 0.2) is 0 Å². The fraction of sp³-hybridized carbons (Fsp3) is 0.875. The fourth-order valence-corrected chi connectivity index (χ4v) is 1.99. The number of esters is 1. The van der Waals surface area contributed by atoms with Crippen LogP contribution in [0.3, 0.4) is 0 Å². The molecule has 0 aliphatic carbocycles. The van der Waals surface area contributed by atoms with Gasteiger partial charge in [-0.05, 0) is 12.8 Å². The van der Waals surface area contributed by atoms with Gasteiger partial charge < -0.3 is 4.74 Å². The minimum atomic E-state index is -1.33. The highest BCUT2D eigenvalue weighted by Crippen LogP contribution is 2.44. The van der Waals surface area contributed by atoms with E-state index < -0.39 is 15.9 Å². The maximum absolute atomic E-state index is 11.1. The molecule has 12 heavy (non-hydrogen) atoms. The van der Waals surface area contributed by atoms with Crippen molar-refractivity contribution >= 4 is 29.2 Å². The number of carbonyl (C=O) groups is 1. The van der Waals surface area contributed by atoms with Crippen molar-refractivity contribution in [3.8, 4) is 0 Å². The second-order valence-corrected chi connectivity index (χ2v) is 4.64. The average molecular weight is 211 g/mol. The highest BCUT2D eigenvalue weighted by molar-refractivity contribution is 6.58. The van der Waals surface area contributed by atoms with E-state index in [9.17, 15) is 4.79 Å². The Balaban J connectivity index is 2.82. The van der Waals surface area contributed by atoms with E-state index in [0.29, 0.717) is 6.42 Å². The van der Waals surface area contributed by atoms with E-state index in [0.717, 1.165) is 12.8 Å². The summed E-state index contributed by atoms with van der Waals surface area (Å²) >= 11 is 11.5. The summed E-state index contributed by atoms with van der Waals surface area (Å²) in [4.78, 5) is 11.1. The number of ether oxygens (including phenoxy) is 1. The monoisotopic (exact) mass is 210 g/mol. The molecule has 0 amide bonds. The molecule has 2 nitrogen and oxygen atoms in total. The molecule has 0 N–H and O–H groups in total. The van der Waals surface area contributed by atoms with Crippen LogP contribution in [-0.2, 0) is 9.53 Å². The molecule has 0 aromatic carbocycles. The average Bonchev–Trinajstić information content (AvgIpc) is 2.24. The summed E-state index contributed by atoms with van der Waals surface area (Å²) in [5.41, 5.74) is -0.430. The lowest BCUT2D eigenvalue weighted by molar-refractivity contribution is -0.149. The van der Waals surface area contributed by atoms with Gasteiger partial charge in [-0.15, -0.1) is 0 Å². The molecular weight excluding hydrogens is 199 g/mol. The van der Waals surface area contributed by atoms with Crippen LogP contribution in [0.4, 0.5) is 0 Å². The molecule has 1 saturated heterocycles. The van der Waals surface area contributed by atoms with Crippen LogP contribution in [0.5, 0.6) is 0 Å². The van der Waals surface area contributed by atoms with E-state index in [1.807, 2.05) is 13.8 Å². The topological polar surface area (TPSA) is 26.3 Å². The van der Waals surface area contributed by atoms with Gasteiger partial charge >= 0.3 is 5.97 Å². The van der Waals surface area contributed by atoms with E-state index in [2.05, 4.69) is 0 Å². The minimum Gasteiger partial charge on any atom is -0.457 e. The summed E-state index contributed by atoms with van der Waals surface area (Å²) in [6.45, 7) is 3.93. The zero-order valence-electron chi connectivity index (χ0n) is 7.19. The molecule has 4 heteroatoms. The third-order valence-electron chi connectivity index (χ3n) is 2.44. The van der Waals surface area contributed by atoms with E-state index in [-0.39, 0.29) is 0 Å². The quantitative estimate of drug-likeness (QED) is 0.518. The molecule has 0 unspecified atom stereocenters. The van der Waals surface area contributed by atoms with Crippen LogP contribution < -0.4 is 0 Å². The molecule has 70 valence electrons. The van der Waals surface area contributed by atoms with Crippen molar-refractivity contribution in [2.45, 2.75) is 43.0 Å². The molecule has 1 aliphatic rings. The van der Waals surface area contributed by atoms with Gasteiger partial charge in [-0.3, -0.25) is 0 Å². The van der Waals surface area contributed by atoms with Gasteiger partial charge in [0.1, 0.15) is 5.60 Å². The van der Waals surface area contributed by atoms with Gasteiger partial charge in [-0.2, -0.15) is 0 Å². The van der Waals surface area contributed by atoms with Crippen molar-refractivity contribution in [2.75, 3.05) is 0 Å². The first-order chi connectivity index (χ1) is 5.46. The van der Waals surface area contributed by atoms with Crippen LogP contribution in [0, 0.1) is 0 Å². The molecule has 0 bridgehead atoms. The molecule has 0 spiro atoms. The third-order valence-corrected chi connectivity index (χ3v) is 3.02. The van der Waals surface area contributed by atoms with Crippen LogP contribution in [0.2, 0.25) is 0 Å². The molecule has 1 aliphatic heterocycles. The molecule has 0 aromatic rings. The number of rotatable bonds is 2. The van der Waals surface area contributed by atoms with Crippen LogP contribution in [0.25, 0.3) is 0 Å². The van der Waals surface area contributed by atoms with Crippen molar-refractivity contribution < 1.29 is 9.53 Å². The largest absolute Gasteiger partial charge is 0.457 e. The van der Waals surface area contributed by atoms with Crippen molar-refractivity contribution in [3.63, 3.8) is 0 Å². The van der Waals surface area contributed by atoms with Gasteiger partial charge in [0.25, 0.3) is 0 Å². The second-order valence-electron chi connectivity index (χ2n) is 3.16. The van der Waals surface area contributed by atoms with Gasteiger partial charge in [-0.1, -0.05) is 37.0 Å². The Morgan fingerprint density at radius 1 is 1.42 bits per heavy atom. The number of halogens is 2. The molecule has 0 saturated carbocycles. The number of alkyl halides is 2. The maximum atomic E-state index is 11.1. The van der Waals surface area contributed by atoms with E-state index in [1.54, 1.807) is 0 Å². The van der Waals surface area contributed by atoms with E-state index in [4.69, 9.17) is 27.9 Å². The summed E-state index contributed by atoms with van der Waals surface area (Å²) in [5.74, 6) is -0.505. The van der Waals surface area contributed by atoms with Gasteiger partial charge in [0.05, 0.1) is 0 Å². The number of hydrogen-bond donors (Lipinski definition) is 0. The Morgan fingerprint density at radius 2 is 1.92 bits per heavy atom. The van der Waals surface area contributed by atoms with Gasteiger partial charge in [0.15, 0.2) is 0 Å². The van der Waals surface area contributed by atoms with Crippen molar-refractivity contribution in [1.82, 2.24) is 0 Å². The third kappa shape index (κ3) is 1.55. The van der Waals surface area contributed by atoms with Crippen LogP contribution >= 0.6 is 23.2 Å². The molecule has 0 atom stereocenters. The normalized spacial score (nSPS) is 25.5. The van der Waals surface area contributed by atoms with Crippen molar-refractivity contribution in [3.05, 3.63) is 0 Å². The zero-order valence-corrected chi connectivity index (χ0v) is 8.71. The number of cyclic esters (lactones) is 1. The predicted molar refractivity (Wildman–Crippen MR) is 48.5 cm³/mol. The van der Waals surface area contributed by atoms with Gasteiger partial charge in [-0.25, -0.2) is 4.79 Å². The van der Waals surface area contributed by atoms with E-state index >= 15 is 0 Å². The Kier molecular flexibility index (Phi) is 2.60. The SMILES string of the molecule is CCC1(CC)CC(Cl)(Cl)C(=O)O1. The summed E-state index contributed by atoms with van der Waals surface area (Å²) in [6.07, 6.45) is 1.92. The first-order valence-electron chi connectivity index (χ1n) is 4.07. The van der Waals surface area contributed by atoms with E-state index in [1.165, 1.54) is 0 Å². The lowest BCUT2D eigenvalue weighted by Crippen LogP contribution is -2.26.